The normalized spacial score (nSPS) is 14.4. The Morgan fingerprint density at radius 1 is 1.29 bits per heavy atom. The number of aromatic nitrogens is 1. The van der Waals surface area contributed by atoms with Crippen LogP contribution >= 0.6 is 11.3 Å². The topological polar surface area (TPSA) is 88.2 Å². The van der Waals surface area contributed by atoms with Crippen LogP contribution in [0.4, 0.5) is 5.13 Å². The van der Waals surface area contributed by atoms with E-state index in [0.29, 0.717) is 29.7 Å². The van der Waals surface area contributed by atoms with Gasteiger partial charge in [0.15, 0.2) is 5.13 Å². The molecule has 0 unspecified atom stereocenters. The van der Waals surface area contributed by atoms with Gasteiger partial charge in [0.2, 0.25) is 5.91 Å². The van der Waals surface area contributed by atoms with Crippen molar-refractivity contribution in [3.63, 3.8) is 0 Å². The van der Waals surface area contributed by atoms with Gasteiger partial charge in [-0.3, -0.25) is 9.52 Å². The van der Waals surface area contributed by atoms with Crippen LogP contribution in [0.5, 0.6) is 0 Å². The third-order valence-electron chi connectivity index (χ3n) is 3.66. The Labute approximate surface area is 145 Å². The summed E-state index contributed by atoms with van der Waals surface area (Å²) in [5.41, 5.74) is 1.71. The number of amides is 1. The molecule has 1 aliphatic carbocycles. The second-order valence-electron chi connectivity index (χ2n) is 5.90. The highest BCUT2D eigenvalue weighted by molar-refractivity contribution is 7.93. The van der Waals surface area contributed by atoms with Gasteiger partial charge in [0.1, 0.15) is 0 Å². The standard InChI is InChI=1S/C16H19N3O3S2/c1-11-2-7-14(8-3-11)24(21,22)19-16-18-13(10-23-16)6-9-15(20)17-12-4-5-12/h2-3,7-8,10,12H,4-6,9H2,1H3,(H,17,20)(H,18,19). The maximum absolute atomic E-state index is 12.3. The summed E-state index contributed by atoms with van der Waals surface area (Å²) in [6.07, 6.45) is 2.99. The number of carbonyl (C=O) groups is 1. The fourth-order valence-corrected chi connectivity index (χ4v) is 4.13. The summed E-state index contributed by atoms with van der Waals surface area (Å²) < 4.78 is 27.1. The van der Waals surface area contributed by atoms with E-state index in [1.807, 2.05) is 6.92 Å². The molecule has 0 bridgehead atoms. The summed E-state index contributed by atoms with van der Waals surface area (Å²) in [5.74, 6) is 0.0206. The predicted octanol–water partition coefficient (Wildman–Crippen LogP) is 2.46. The van der Waals surface area contributed by atoms with E-state index in [1.165, 1.54) is 11.3 Å². The van der Waals surface area contributed by atoms with E-state index in [2.05, 4.69) is 15.0 Å². The van der Waals surface area contributed by atoms with Gasteiger partial charge in [0, 0.05) is 17.8 Å². The zero-order valence-electron chi connectivity index (χ0n) is 13.3. The second-order valence-corrected chi connectivity index (χ2v) is 8.44. The van der Waals surface area contributed by atoms with Crippen molar-refractivity contribution >= 4 is 32.4 Å². The third-order valence-corrected chi connectivity index (χ3v) is 5.95. The van der Waals surface area contributed by atoms with Crippen LogP contribution in [0.2, 0.25) is 0 Å². The number of hydrogen-bond donors (Lipinski definition) is 2. The highest BCUT2D eigenvalue weighted by Crippen LogP contribution is 2.22. The first-order valence-electron chi connectivity index (χ1n) is 7.76. The molecule has 1 aliphatic rings. The zero-order chi connectivity index (χ0) is 17.2. The van der Waals surface area contributed by atoms with Crippen molar-refractivity contribution in [2.45, 2.75) is 43.5 Å². The Balaban J connectivity index is 1.58. The molecule has 2 aromatic rings. The van der Waals surface area contributed by atoms with E-state index >= 15 is 0 Å². The summed E-state index contributed by atoms with van der Waals surface area (Å²) in [5, 5.41) is 5.01. The molecular formula is C16H19N3O3S2. The van der Waals surface area contributed by atoms with Crippen molar-refractivity contribution in [1.29, 1.82) is 0 Å². The number of sulfonamides is 1. The molecule has 0 saturated heterocycles. The van der Waals surface area contributed by atoms with Crippen molar-refractivity contribution in [2.24, 2.45) is 0 Å². The molecule has 6 nitrogen and oxygen atoms in total. The van der Waals surface area contributed by atoms with E-state index in [1.54, 1.807) is 29.6 Å². The first kappa shape index (κ1) is 16.9. The predicted molar refractivity (Wildman–Crippen MR) is 93.6 cm³/mol. The van der Waals surface area contributed by atoms with Gasteiger partial charge in [-0.05, 0) is 38.3 Å². The fraction of sp³-hybridized carbons (Fsp3) is 0.375. The molecule has 3 rings (SSSR count). The molecule has 1 aromatic carbocycles. The van der Waals surface area contributed by atoms with Crippen LogP contribution in [0.25, 0.3) is 0 Å². The molecule has 1 amide bonds. The highest BCUT2D eigenvalue weighted by Gasteiger charge is 2.23. The molecule has 24 heavy (non-hydrogen) atoms. The highest BCUT2D eigenvalue weighted by atomic mass is 32.2. The van der Waals surface area contributed by atoms with Gasteiger partial charge in [0.05, 0.1) is 10.6 Å². The Bertz CT molecular complexity index is 825. The molecule has 1 heterocycles. The van der Waals surface area contributed by atoms with Crippen LogP contribution in [-0.4, -0.2) is 25.4 Å². The smallest absolute Gasteiger partial charge is 0.263 e. The molecule has 1 aromatic heterocycles. The molecule has 0 spiro atoms. The molecule has 0 aliphatic heterocycles. The van der Waals surface area contributed by atoms with E-state index in [4.69, 9.17) is 0 Å². The third kappa shape index (κ3) is 4.55. The van der Waals surface area contributed by atoms with E-state index in [-0.39, 0.29) is 10.8 Å². The molecule has 1 fully saturated rings. The summed E-state index contributed by atoms with van der Waals surface area (Å²) in [6.45, 7) is 1.90. The Morgan fingerprint density at radius 3 is 2.67 bits per heavy atom. The SMILES string of the molecule is Cc1ccc(S(=O)(=O)Nc2nc(CCC(=O)NC3CC3)cs2)cc1. The number of hydrogen-bond acceptors (Lipinski definition) is 5. The Kier molecular flexibility index (Phi) is 4.86. The minimum absolute atomic E-state index is 0.0206. The van der Waals surface area contributed by atoms with Crippen LogP contribution in [0, 0.1) is 6.92 Å². The van der Waals surface area contributed by atoms with E-state index < -0.39 is 10.0 Å². The van der Waals surface area contributed by atoms with Gasteiger partial charge in [-0.1, -0.05) is 17.7 Å². The number of aryl methyl sites for hydroxylation is 2. The number of rotatable bonds is 7. The van der Waals surface area contributed by atoms with Crippen LogP contribution in [0.1, 0.15) is 30.5 Å². The second kappa shape index (κ2) is 6.90. The summed E-state index contributed by atoms with van der Waals surface area (Å²) in [6, 6.07) is 6.98. The number of nitrogens with zero attached hydrogens (tertiary/aromatic N) is 1. The van der Waals surface area contributed by atoms with Crippen molar-refractivity contribution in [3.8, 4) is 0 Å². The van der Waals surface area contributed by atoms with Gasteiger partial charge in [-0.25, -0.2) is 13.4 Å². The van der Waals surface area contributed by atoms with Gasteiger partial charge in [-0.15, -0.1) is 11.3 Å². The van der Waals surface area contributed by atoms with Gasteiger partial charge in [0.25, 0.3) is 10.0 Å². The Hall–Kier alpha value is -1.93. The van der Waals surface area contributed by atoms with Crippen molar-refractivity contribution in [2.75, 3.05) is 4.72 Å². The number of benzene rings is 1. The average Bonchev–Trinajstić information content (AvgIpc) is 3.23. The maximum Gasteiger partial charge on any atom is 0.263 e. The van der Waals surface area contributed by atoms with E-state index in [0.717, 1.165) is 18.4 Å². The average molecular weight is 365 g/mol. The molecule has 0 radical (unpaired) electrons. The molecule has 2 N–H and O–H groups in total. The lowest BCUT2D eigenvalue weighted by molar-refractivity contribution is -0.121. The van der Waals surface area contributed by atoms with Crippen LogP contribution < -0.4 is 10.0 Å². The minimum Gasteiger partial charge on any atom is -0.353 e. The van der Waals surface area contributed by atoms with Crippen molar-refractivity contribution < 1.29 is 13.2 Å². The Morgan fingerprint density at radius 2 is 2.00 bits per heavy atom. The number of anilines is 1. The molecule has 0 atom stereocenters. The summed E-state index contributed by atoms with van der Waals surface area (Å²) >= 11 is 1.22. The van der Waals surface area contributed by atoms with Crippen molar-refractivity contribution in [3.05, 3.63) is 40.9 Å². The van der Waals surface area contributed by atoms with Gasteiger partial charge in [-0.2, -0.15) is 0 Å². The largest absolute Gasteiger partial charge is 0.353 e. The molecular weight excluding hydrogens is 346 g/mol. The number of thiazole rings is 1. The lowest BCUT2D eigenvalue weighted by atomic mass is 10.2. The zero-order valence-corrected chi connectivity index (χ0v) is 14.9. The lowest BCUT2D eigenvalue weighted by Crippen LogP contribution is -2.25. The van der Waals surface area contributed by atoms with Crippen LogP contribution in [0.3, 0.4) is 0 Å². The van der Waals surface area contributed by atoms with Gasteiger partial charge >= 0.3 is 0 Å². The minimum atomic E-state index is -3.64. The summed E-state index contributed by atoms with van der Waals surface area (Å²) in [7, 11) is -3.64. The lowest BCUT2D eigenvalue weighted by Gasteiger charge is -2.05. The van der Waals surface area contributed by atoms with Gasteiger partial charge < -0.3 is 5.32 Å². The molecule has 1 saturated carbocycles. The van der Waals surface area contributed by atoms with E-state index in [9.17, 15) is 13.2 Å². The monoisotopic (exact) mass is 365 g/mol. The van der Waals surface area contributed by atoms with Crippen LogP contribution in [-0.2, 0) is 21.2 Å². The maximum atomic E-state index is 12.3. The molecule has 8 heteroatoms. The quantitative estimate of drug-likeness (QED) is 0.789. The van der Waals surface area contributed by atoms with Crippen molar-refractivity contribution in [1.82, 2.24) is 10.3 Å². The summed E-state index contributed by atoms with van der Waals surface area (Å²) in [4.78, 5) is 16.1. The number of nitrogens with one attached hydrogen (secondary N) is 2. The fourth-order valence-electron chi connectivity index (χ4n) is 2.13. The molecule has 128 valence electrons. The first-order chi connectivity index (χ1) is 11.4. The first-order valence-corrected chi connectivity index (χ1v) is 10.1. The number of carbonyl (C=O) groups excluding carboxylic acids is 1. The van der Waals surface area contributed by atoms with Crippen LogP contribution in [0.15, 0.2) is 34.5 Å².